The summed E-state index contributed by atoms with van der Waals surface area (Å²) in [7, 11) is 0. The Morgan fingerprint density at radius 3 is 2.64 bits per heavy atom. The first-order valence-electron chi connectivity index (χ1n) is 18.2. The molecule has 3 heteroatoms. The molecule has 0 bridgehead atoms. The van der Waals surface area contributed by atoms with Gasteiger partial charge in [0, 0.05) is 57.8 Å². The van der Waals surface area contributed by atoms with E-state index in [9.17, 15) is 0 Å². The maximum Gasteiger partial charge on any atom is 0.0537 e. The lowest BCUT2D eigenvalue weighted by atomic mass is 9.69. The number of nitrogens with zero attached hydrogens (tertiary/aromatic N) is 2. The normalized spacial score (nSPS) is 28.1. The minimum Gasteiger partial charge on any atom is -0.387 e. The fraction of sp³-hybridized carbons (Fsp3) is 0.364. The number of para-hydroxylation sites is 1. The van der Waals surface area contributed by atoms with Gasteiger partial charge < -0.3 is 14.8 Å². The smallest absolute Gasteiger partial charge is 0.0537 e. The van der Waals surface area contributed by atoms with E-state index in [1.165, 1.54) is 82.3 Å². The third kappa shape index (κ3) is 4.53. The Balaban J connectivity index is 1.07. The highest BCUT2D eigenvalue weighted by Gasteiger charge is 2.43. The summed E-state index contributed by atoms with van der Waals surface area (Å²) in [5.74, 6) is 1.22. The molecule has 1 saturated carbocycles. The average molecular weight is 618 g/mol. The molecule has 0 spiro atoms. The van der Waals surface area contributed by atoms with Gasteiger partial charge in [0.25, 0.3) is 0 Å². The van der Waals surface area contributed by atoms with Crippen LogP contribution in [-0.4, -0.2) is 16.7 Å². The molecular formula is C44H47N3. The van der Waals surface area contributed by atoms with Crippen LogP contribution in [0.3, 0.4) is 0 Å². The zero-order valence-corrected chi connectivity index (χ0v) is 28.2. The van der Waals surface area contributed by atoms with Crippen LogP contribution >= 0.6 is 0 Å². The van der Waals surface area contributed by atoms with Crippen LogP contribution in [0.4, 0.5) is 5.69 Å². The van der Waals surface area contributed by atoms with E-state index >= 15 is 0 Å². The monoisotopic (exact) mass is 617 g/mol. The van der Waals surface area contributed by atoms with Crippen molar-refractivity contribution in [2.45, 2.75) is 95.6 Å². The molecule has 47 heavy (non-hydrogen) atoms. The van der Waals surface area contributed by atoms with E-state index in [0.29, 0.717) is 23.9 Å². The van der Waals surface area contributed by atoms with Gasteiger partial charge in [-0.2, -0.15) is 0 Å². The number of fused-ring (bicyclic) bond motifs is 5. The van der Waals surface area contributed by atoms with Gasteiger partial charge in [-0.25, -0.2) is 0 Å². The summed E-state index contributed by atoms with van der Waals surface area (Å²) in [5, 5.41) is 5.21. The van der Waals surface area contributed by atoms with Crippen LogP contribution in [0.15, 0.2) is 108 Å². The van der Waals surface area contributed by atoms with Crippen molar-refractivity contribution < 1.29 is 0 Å². The quantitative estimate of drug-likeness (QED) is 0.246. The predicted molar refractivity (Wildman–Crippen MR) is 198 cm³/mol. The number of aromatic nitrogens is 1. The molecule has 5 unspecified atom stereocenters. The molecule has 3 aromatic carbocycles. The van der Waals surface area contributed by atoms with Crippen LogP contribution < -0.4 is 10.2 Å². The number of rotatable bonds is 4. The first-order chi connectivity index (χ1) is 23.0. The van der Waals surface area contributed by atoms with Crippen LogP contribution in [-0.2, 0) is 5.41 Å². The van der Waals surface area contributed by atoms with Gasteiger partial charge in [-0.15, -0.1) is 0 Å². The van der Waals surface area contributed by atoms with Gasteiger partial charge in [0.2, 0.25) is 0 Å². The van der Waals surface area contributed by atoms with Crippen molar-refractivity contribution in [2.24, 2.45) is 5.92 Å². The second-order valence-corrected chi connectivity index (χ2v) is 15.1. The van der Waals surface area contributed by atoms with Crippen molar-refractivity contribution in [3.8, 4) is 5.69 Å². The summed E-state index contributed by atoms with van der Waals surface area (Å²) in [5.41, 5.74) is 14.1. The highest BCUT2D eigenvalue weighted by molar-refractivity contribution is 5.91. The Labute approximate surface area is 280 Å². The van der Waals surface area contributed by atoms with E-state index < -0.39 is 0 Å². The number of nitrogens with one attached hydrogen (secondary N) is 1. The van der Waals surface area contributed by atoms with Crippen LogP contribution in [0.1, 0.15) is 100 Å². The van der Waals surface area contributed by atoms with Crippen LogP contribution in [0.25, 0.3) is 28.2 Å². The summed E-state index contributed by atoms with van der Waals surface area (Å²) >= 11 is 0. The fourth-order valence-corrected chi connectivity index (χ4v) is 9.75. The van der Waals surface area contributed by atoms with Crippen molar-refractivity contribution in [3.05, 3.63) is 131 Å². The lowest BCUT2D eigenvalue weighted by molar-refractivity contribution is 0.353. The van der Waals surface area contributed by atoms with Gasteiger partial charge in [-0.1, -0.05) is 87.4 Å². The minimum absolute atomic E-state index is 0.0387. The zero-order valence-electron chi connectivity index (χ0n) is 28.2. The molecule has 0 saturated heterocycles. The van der Waals surface area contributed by atoms with E-state index in [1.54, 1.807) is 11.3 Å². The summed E-state index contributed by atoms with van der Waals surface area (Å²) in [6, 6.07) is 28.8. The highest BCUT2D eigenvalue weighted by atomic mass is 15.2. The molecule has 1 fully saturated rings. The Morgan fingerprint density at radius 1 is 0.851 bits per heavy atom. The van der Waals surface area contributed by atoms with E-state index in [4.69, 9.17) is 0 Å². The molecule has 4 aromatic rings. The van der Waals surface area contributed by atoms with Crippen LogP contribution in [0, 0.1) is 5.92 Å². The summed E-state index contributed by atoms with van der Waals surface area (Å²) in [6.07, 6.45) is 21.7. The van der Waals surface area contributed by atoms with E-state index in [1.807, 2.05) is 0 Å². The first-order valence-corrected chi connectivity index (χ1v) is 18.2. The maximum absolute atomic E-state index is 3.83. The molecule has 2 aliphatic heterocycles. The van der Waals surface area contributed by atoms with E-state index in [2.05, 4.69) is 139 Å². The van der Waals surface area contributed by atoms with Crippen LogP contribution in [0.2, 0.25) is 0 Å². The molecule has 3 nitrogen and oxygen atoms in total. The van der Waals surface area contributed by atoms with Gasteiger partial charge >= 0.3 is 0 Å². The van der Waals surface area contributed by atoms with E-state index in [0.717, 1.165) is 19.3 Å². The van der Waals surface area contributed by atoms with Crippen LogP contribution in [0.5, 0.6) is 0 Å². The van der Waals surface area contributed by atoms with Crippen molar-refractivity contribution in [1.82, 2.24) is 9.88 Å². The topological polar surface area (TPSA) is 20.2 Å². The third-order valence-electron chi connectivity index (χ3n) is 12.4. The van der Waals surface area contributed by atoms with Gasteiger partial charge in [-0.3, -0.25) is 0 Å². The van der Waals surface area contributed by atoms with Crippen molar-refractivity contribution in [1.29, 1.82) is 0 Å². The van der Waals surface area contributed by atoms with Gasteiger partial charge in [-0.05, 0) is 116 Å². The second kappa shape index (κ2) is 11.2. The van der Waals surface area contributed by atoms with Gasteiger partial charge in [0.05, 0.1) is 5.52 Å². The molecule has 1 aromatic heterocycles. The standard InChI is InChI=1S/C44H47N3/c1-29-13-10-24-42-43(29)38-20-6-9-23-41(38)47(42)34-16-11-14-31(25-34)32-27-44(3,30(2)45-28-32)33-15-12-17-35(26-33)46-39-21-7-4-18-36(39)37-19-5-8-22-40(37)46/h4,6,9-12,14-18,20,23-26,28-30,37,40,45H,5,7-8,13,19,21-22,27H2,1-3H3. The fourth-order valence-electron chi connectivity index (χ4n) is 9.75. The van der Waals surface area contributed by atoms with E-state index in [-0.39, 0.29) is 5.41 Å². The van der Waals surface area contributed by atoms with Crippen molar-refractivity contribution in [2.75, 3.05) is 4.90 Å². The third-order valence-corrected chi connectivity index (χ3v) is 12.4. The lowest BCUT2D eigenvalue weighted by Gasteiger charge is -2.42. The van der Waals surface area contributed by atoms with Crippen molar-refractivity contribution >= 4 is 28.2 Å². The molecule has 9 rings (SSSR count). The van der Waals surface area contributed by atoms with Crippen molar-refractivity contribution in [3.63, 3.8) is 0 Å². The number of hydrogen-bond donors (Lipinski definition) is 1. The lowest BCUT2D eigenvalue weighted by Crippen LogP contribution is -2.46. The number of anilines is 1. The molecule has 238 valence electrons. The Morgan fingerprint density at radius 2 is 1.70 bits per heavy atom. The molecule has 0 amide bonds. The summed E-state index contributed by atoms with van der Waals surface area (Å²) in [6.45, 7) is 7.20. The molecule has 3 aliphatic carbocycles. The number of allylic oxidation sites excluding steroid dienone is 5. The zero-order chi connectivity index (χ0) is 31.7. The second-order valence-electron chi connectivity index (χ2n) is 15.1. The highest BCUT2D eigenvalue weighted by Crippen LogP contribution is 2.49. The minimum atomic E-state index is -0.0387. The largest absolute Gasteiger partial charge is 0.387 e. The summed E-state index contributed by atoms with van der Waals surface area (Å²) in [4.78, 5) is 2.77. The van der Waals surface area contributed by atoms with Gasteiger partial charge in [0.1, 0.15) is 0 Å². The predicted octanol–water partition coefficient (Wildman–Crippen LogP) is 10.8. The number of benzene rings is 3. The molecule has 3 heterocycles. The molecule has 0 radical (unpaired) electrons. The molecular weight excluding hydrogens is 571 g/mol. The Kier molecular flexibility index (Phi) is 6.89. The first kappa shape index (κ1) is 28.9. The summed E-state index contributed by atoms with van der Waals surface area (Å²) < 4.78 is 2.49. The SMILES string of the molecule is CC1CC=Cc2c1c1ccccc1n2-c1cccc(C2=CNC(C)C(C)(c3cccc(N4C5=C(C=CCC5)C5CCCCC54)c3)C2)c1. The molecule has 5 atom stereocenters. The molecule has 5 aliphatic rings. The Bertz CT molecular complexity index is 2000. The Hall–Kier alpha value is -4.24. The average Bonchev–Trinajstić information content (AvgIpc) is 3.63. The molecule has 1 N–H and O–H groups in total. The van der Waals surface area contributed by atoms with Gasteiger partial charge in [0.15, 0.2) is 0 Å². The maximum atomic E-state index is 3.83. The number of hydrogen-bond acceptors (Lipinski definition) is 2.